The molecule has 18 heterocycles. The number of hydrogen-bond acceptors (Lipinski definition) is 37. The van der Waals surface area contributed by atoms with Crippen LogP contribution in [-0.2, 0) is 54.1 Å². The van der Waals surface area contributed by atoms with Crippen LogP contribution in [0.3, 0.4) is 0 Å². The van der Waals surface area contributed by atoms with Crippen molar-refractivity contribution in [2.24, 2.45) is 49.3 Å². The Labute approximate surface area is 846 Å². The van der Waals surface area contributed by atoms with E-state index in [1.807, 2.05) is 141 Å². The number of furan rings is 1. The molecule has 0 unspecified atom stereocenters. The van der Waals surface area contributed by atoms with Crippen molar-refractivity contribution in [3.63, 3.8) is 0 Å². The molecular weight excluding hydrogens is 1900 g/mol. The Bertz CT molecular complexity index is 8970. The molecule has 2 fully saturated rings. The number of thiophene rings is 1. The SMILES string of the molecule is C.CCOc1ccc2cc(-c3nn(C)c4ncnc(N)c34)ccc2c1.Cc1cccc(-c2nn(C)c3ncnc(N)c23)c1.Cc1ncc(-c2nn(C)c3ncnc(N)c23)c(C)n1.Cn1nc(-c2ccc(C=O)o2)c2c(N)ncnc21.Cn1nc(-c2cccc(C(=O)N3CCOCC3)c2)c2c(N)ncnc21.Cn1nc(-c2cccc(C(=O)NC3CC3)c2)c2c(N)ncnc21.Cn1nc(-c2csc3ccccc23)c2c(N)ncnc21. The second-order valence-corrected chi connectivity index (χ2v) is 35.1. The summed E-state index contributed by atoms with van der Waals surface area (Å²) in [7, 11) is 12.8. The number of morpholine rings is 1. The first kappa shape index (κ1) is 98.9. The van der Waals surface area contributed by atoms with E-state index in [4.69, 9.17) is 54.0 Å². The zero-order valence-corrected chi connectivity index (χ0v) is 82.2. The largest absolute Gasteiger partial charge is 0.494 e. The molecule has 15 N–H and O–H groups in total. The van der Waals surface area contributed by atoms with Crippen molar-refractivity contribution >= 4 is 168 Å². The van der Waals surface area contributed by atoms with E-state index in [2.05, 4.69) is 176 Å². The van der Waals surface area contributed by atoms with Gasteiger partial charge in [0.05, 0.1) is 63.2 Å². The number of benzene rings is 6. The molecule has 2 amide bonds. The van der Waals surface area contributed by atoms with Crippen LogP contribution in [0.2, 0.25) is 0 Å². The molecule has 1 saturated heterocycles. The Hall–Kier alpha value is -19.3. The second-order valence-electron chi connectivity index (χ2n) is 34.2. The lowest BCUT2D eigenvalue weighted by Gasteiger charge is -2.27. The fourth-order valence-corrected chi connectivity index (χ4v) is 18.1. The zero-order valence-electron chi connectivity index (χ0n) is 81.4. The van der Waals surface area contributed by atoms with Gasteiger partial charge >= 0.3 is 0 Å². The molecule has 1 saturated carbocycles. The Kier molecular flexibility index (Phi) is 28.1. The number of rotatable bonds is 13. The molecule has 25 rings (SSSR count). The van der Waals surface area contributed by atoms with Crippen LogP contribution in [0.1, 0.15) is 75.5 Å². The minimum absolute atomic E-state index is 0. The van der Waals surface area contributed by atoms with Gasteiger partial charge < -0.3 is 64.2 Å². The summed E-state index contributed by atoms with van der Waals surface area (Å²) in [6, 6.07) is 47.0. The van der Waals surface area contributed by atoms with Gasteiger partial charge in [-0.1, -0.05) is 91.9 Å². The highest BCUT2D eigenvalue weighted by Crippen LogP contribution is 2.41. The van der Waals surface area contributed by atoms with E-state index in [9.17, 15) is 14.4 Å². The Morgan fingerprint density at radius 3 is 1.27 bits per heavy atom. The number of amides is 2. The van der Waals surface area contributed by atoms with Crippen LogP contribution >= 0.6 is 11.3 Å². The van der Waals surface area contributed by atoms with Crippen molar-refractivity contribution in [3.8, 4) is 84.7 Å². The molecule has 46 heteroatoms. The highest BCUT2D eigenvalue weighted by molar-refractivity contribution is 7.17. The van der Waals surface area contributed by atoms with E-state index in [1.165, 1.54) is 59.9 Å². The fraction of sp³-hybridized carbons (Fsp3) is 0.196. The monoisotopic (exact) mass is 2000 g/mol. The van der Waals surface area contributed by atoms with Crippen LogP contribution in [-0.4, -0.2) is 210 Å². The van der Waals surface area contributed by atoms with Gasteiger partial charge in [-0.2, -0.15) is 35.7 Å². The second kappa shape index (κ2) is 42.1. The van der Waals surface area contributed by atoms with Gasteiger partial charge in [0.25, 0.3) is 11.8 Å². The lowest BCUT2D eigenvalue weighted by atomic mass is 10.0. The van der Waals surface area contributed by atoms with E-state index in [-0.39, 0.29) is 25.0 Å². The molecule has 0 spiro atoms. The number of aromatic nitrogens is 30. The van der Waals surface area contributed by atoms with Gasteiger partial charge in [0.15, 0.2) is 57.3 Å². The minimum atomic E-state index is -0.0567. The van der Waals surface area contributed by atoms with Gasteiger partial charge in [0.2, 0.25) is 0 Å². The molecule has 746 valence electrons. The summed E-state index contributed by atoms with van der Waals surface area (Å²) in [5.41, 5.74) is 60.6. The van der Waals surface area contributed by atoms with Gasteiger partial charge in [-0.25, -0.2) is 113 Å². The molecule has 148 heavy (non-hydrogen) atoms. The third kappa shape index (κ3) is 20.0. The van der Waals surface area contributed by atoms with Crippen molar-refractivity contribution in [2.45, 2.75) is 54.0 Å². The van der Waals surface area contributed by atoms with E-state index >= 15 is 0 Å². The molecule has 0 bridgehead atoms. The van der Waals surface area contributed by atoms with E-state index in [1.54, 1.807) is 87.5 Å². The number of aryl methyl sites for hydroxylation is 10. The first-order valence-electron chi connectivity index (χ1n) is 46.1. The minimum Gasteiger partial charge on any atom is -0.494 e. The van der Waals surface area contributed by atoms with Crippen molar-refractivity contribution in [3.05, 3.63) is 235 Å². The third-order valence-electron chi connectivity index (χ3n) is 24.3. The number of aldehydes is 1. The molecule has 2 aliphatic rings. The smallest absolute Gasteiger partial charge is 0.254 e. The number of ether oxygens (including phenoxy) is 2. The van der Waals surface area contributed by atoms with E-state index < -0.39 is 0 Å². The Balaban J connectivity index is 0.000000113. The summed E-state index contributed by atoms with van der Waals surface area (Å²) in [5.74, 6) is 5.10. The summed E-state index contributed by atoms with van der Waals surface area (Å²) >= 11 is 1.70. The fourth-order valence-electron chi connectivity index (χ4n) is 17.1. The normalized spacial score (nSPS) is 12.2. The summed E-state index contributed by atoms with van der Waals surface area (Å²) in [4.78, 5) is 104. The quantitative estimate of drug-likeness (QED) is 0.0497. The number of nitrogens with one attached hydrogen (secondary N) is 1. The molecular formula is C102H101N39O6S. The molecule has 1 aliphatic heterocycles. The first-order valence-corrected chi connectivity index (χ1v) is 47.0. The molecule has 0 atom stereocenters. The predicted octanol–water partition coefficient (Wildman–Crippen LogP) is 13.2. The van der Waals surface area contributed by atoms with E-state index in [0.717, 1.165) is 130 Å². The maximum atomic E-state index is 12.7. The molecule has 23 aromatic rings. The maximum Gasteiger partial charge on any atom is 0.254 e. The average Bonchev–Trinajstić information content (AvgIpc) is 1.62. The number of fused-ring (bicyclic) bond motifs is 9. The van der Waals surface area contributed by atoms with Gasteiger partial charge in [0.1, 0.15) is 136 Å². The molecule has 17 aromatic heterocycles. The average molecular weight is 2000 g/mol. The van der Waals surface area contributed by atoms with Crippen LogP contribution < -0.4 is 50.2 Å². The molecule has 1 aliphatic carbocycles. The van der Waals surface area contributed by atoms with Crippen LogP contribution in [0.5, 0.6) is 5.75 Å². The summed E-state index contributed by atoms with van der Waals surface area (Å²) < 4.78 is 29.2. The lowest BCUT2D eigenvalue weighted by molar-refractivity contribution is 0.0303. The molecule has 45 nitrogen and oxygen atoms in total. The van der Waals surface area contributed by atoms with Crippen LogP contribution in [0.25, 0.3) is 177 Å². The number of nitrogen functional groups attached to an aromatic ring is 7. The summed E-state index contributed by atoms with van der Waals surface area (Å²) in [6.07, 6.45) is 14.5. The molecule has 0 radical (unpaired) electrons. The van der Waals surface area contributed by atoms with Gasteiger partial charge in [-0.3, -0.25) is 14.4 Å². The highest BCUT2D eigenvalue weighted by Gasteiger charge is 2.29. The first-order chi connectivity index (χ1) is 71.1. The topological polar surface area (TPSA) is 611 Å². The number of anilines is 7. The van der Waals surface area contributed by atoms with E-state index in [0.29, 0.717) is 164 Å². The summed E-state index contributed by atoms with van der Waals surface area (Å²) in [6.45, 7) is 10.8. The Morgan fingerprint density at radius 2 is 0.824 bits per heavy atom. The van der Waals surface area contributed by atoms with Gasteiger partial charge in [-0.05, 0) is 118 Å². The van der Waals surface area contributed by atoms with Gasteiger partial charge in [-0.15, -0.1) is 11.3 Å². The Morgan fingerprint density at radius 1 is 0.426 bits per heavy atom. The van der Waals surface area contributed by atoms with Gasteiger partial charge in [0, 0.05) is 135 Å². The van der Waals surface area contributed by atoms with Crippen LogP contribution in [0, 0.1) is 20.8 Å². The van der Waals surface area contributed by atoms with Crippen molar-refractivity contribution in [1.29, 1.82) is 0 Å². The highest BCUT2D eigenvalue weighted by atomic mass is 32.1. The predicted molar refractivity (Wildman–Crippen MR) is 569 cm³/mol. The standard InChI is InChI=1S/C18H17N5O.C17H18N6O2.C16H16N6O.C14H11N5S.C13H13N5.C12H13N7.C11H9N5O2.CH4/c1-3-24-14-7-6-11-8-13(5-4-12(11)9-14)16-15-17(19)20-10-21-18(15)23(2)22-16;1-22-16-13(15(18)19-10-20-16)14(21-22)11-3-2-4-12(9-11)17(24)23-5-7-25-8-6-23;1-22-15-12(14(17)18-8-19-15)13(21-22)9-3-2-4-10(7-9)16(23)20-11-5-6-11;1-19-14-11(13(15)16-7-17-14)12(18-19)9-6-20-10-5-3-2-4-8(9)10;1-8-4-3-5-9(6-8)11-10-12(14)15-7-16-13(10)18(2)17-11;1-6-8(4-14-7(2)17-6)10-9-11(13)15-5-16-12(9)19(3)18-10;1-16-11-8(10(12)13-5-14-11)9(15-16)7-3-2-6(4-17)18-7;/h4-10H,3H2,1-2H3,(H2,19,20,21);2-4,9-10H,5-8H2,1H3,(H2,18,19,20);2-4,7-8,11H,5-6H2,1H3,(H,20,23)(H2,17,18,19);2-7H,1H3,(H2,15,16,17);3-7H,1-2H3,(H2,14,15,16);4-5H,1-3H3,(H2,13,15,16);2-5H,1H3,(H2,12,13,14);1H4. The zero-order chi connectivity index (χ0) is 103. The number of hydrogen-bond donors (Lipinski definition) is 8. The van der Waals surface area contributed by atoms with Crippen molar-refractivity contribution < 1.29 is 28.3 Å². The van der Waals surface area contributed by atoms with Crippen LogP contribution in [0.4, 0.5) is 40.7 Å². The number of nitrogens with two attached hydrogens (primary N) is 7. The number of carbonyl (C=O) groups is 3. The maximum absolute atomic E-state index is 12.7. The van der Waals surface area contributed by atoms with Crippen LogP contribution in [0.15, 0.2) is 206 Å². The number of carbonyl (C=O) groups excluding carboxylic acids is 3. The lowest BCUT2D eigenvalue weighted by Crippen LogP contribution is -2.40. The third-order valence-corrected chi connectivity index (χ3v) is 25.3. The van der Waals surface area contributed by atoms with Crippen molar-refractivity contribution in [1.82, 2.24) is 158 Å². The van der Waals surface area contributed by atoms with Crippen molar-refractivity contribution in [2.75, 3.05) is 73.0 Å². The summed E-state index contributed by atoms with van der Waals surface area (Å²) in [5, 5.41) is 45.1. The number of nitrogens with zero attached hydrogens (tertiary/aromatic N) is 31. The molecule has 6 aromatic carbocycles.